The van der Waals surface area contributed by atoms with Crippen molar-refractivity contribution in [3.8, 4) is 11.5 Å². The van der Waals surface area contributed by atoms with Crippen molar-refractivity contribution in [2.45, 2.75) is 77.1 Å². The van der Waals surface area contributed by atoms with Crippen LogP contribution >= 0.6 is 11.3 Å². The summed E-state index contributed by atoms with van der Waals surface area (Å²) in [6.45, 7) is 3.81. The molecule has 32 heavy (non-hydrogen) atoms. The van der Waals surface area contributed by atoms with E-state index in [1.807, 2.05) is 26.0 Å². The number of thiazole rings is 1. The van der Waals surface area contributed by atoms with Crippen LogP contribution < -0.4 is 9.47 Å². The van der Waals surface area contributed by atoms with Crippen LogP contribution in [0.1, 0.15) is 64.9 Å². The number of carboxylic acids is 1. The van der Waals surface area contributed by atoms with Crippen molar-refractivity contribution in [1.82, 2.24) is 4.98 Å². The molecule has 1 heterocycles. The average molecular weight is 464 g/mol. The second kappa shape index (κ2) is 11.1. The summed E-state index contributed by atoms with van der Waals surface area (Å²) in [5, 5.41) is 21.2. The van der Waals surface area contributed by atoms with E-state index in [0.717, 1.165) is 41.1 Å². The molecule has 0 aliphatic heterocycles. The van der Waals surface area contributed by atoms with Gasteiger partial charge in [0, 0.05) is 16.9 Å². The third-order valence-corrected chi connectivity index (χ3v) is 7.11. The zero-order valence-corrected chi connectivity index (χ0v) is 20.0. The number of benzene rings is 1. The molecule has 0 amide bonds. The topological polar surface area (TPSA) is 98.1 Å². The van der Waals surface area contributed by atoms with Crippen LogP contribution in [-0.4, -0.2) is 47.6 Å². The molecule has 2 N–H and O–H groups in total. The molecule has 8 heteroatoms. The largest absolute Gasteiger partial charge is 0.496 e. The molecule has 1 aliphatic rings. The lowest BCUT2D eigenvalue weighted by atomic mass is 9.98. The smallest absolute Gasteiger partial charge is 0.309 e. The van der Waals surface area contributed by atoms with Crippen LogP contribution in [0.25, 0.3) is 0 Å². The fourth-order valence-corrected chi connectivity index (χ4v) is 5.20. The van der Waals surface area contributed by atoms with Crippen molar-refractivity contribution in [1.29, 1.82) is 0 Å². The number of carboxylic acid groups (broad SMARTS) is 1. The third-order valence-electron chi connectivity index (χ3n) is 6.04. The van der Waals surface area contributed by atoms with Gasteiger partial charge in [0.2, 0.25) is 0 Å². The number of ether oxygens (including phenoxy) is 3. The fraction of sp³-hybridized carbons (Fsp3) is 0.583. The number of aliphatic carboxylic acids is 1. The SMILES string of the molecule is COc1cc([C@@H](O)[C@H](CCc2nc(CC(=O)O)c(C)s2)OC2CCCC2)cc(OC)c1C. The zero-order valence-electron chi connectivity index (χ0n) is 19.2. The normalized spacial score (nSPS) is 16.2. The molecule has 1 fully saturated rings. The van der Waals surface area contributed by atoms with Gasteiger partial charge < -0.3 is 24.4 Å². The highest BCUT2D eigenvalue weighted by Gasteiger charge is 2.28. The van der Waals surface area contributed by atoms with Crippen LogP contribution in [0.15, 0.2) is 12.1 Å². The fourth-order valence-electron chi connectivity index (χ4n) is 4.23. The second-order valence-electron chi connectivity index (χ2n) is 8.30. The van der Waals surface area contributed by atoms with Crippen LogP contribution in [-0.2, 0) is 22.4 Å². The van der Waals surface area contributed by atoms with Gasteiger partial charge in [-0.3, -0.25) is 4.79 Å². The van der Waals surface area contributed by atoms with Crippen molar-refractivity contribution < 1.29 is 29.2 Å². The average Bonchev–Trinajstić information content (AvgIpc) is 3.40. The first kappa shape index (κ1) is 24.5. The van der Waals surface area contributed by atoms with Gasteiger partial charge in [0.15, 0.2) is 0 Å². The lowest BCUT2D eigenvalue weighted by Gasteiger charge is -2.27. The molecule has 3 rings (SSSR count). The Morgan fingerprint density at radius 3 is 2.38 bits per heavy atom. The van der Waals surface area contributed by atoms with Crippen molar-refractivity contribution in [3.05, 3.63) is 38.8 Å². The lowest BCUT2D eigenvalue weighted by molar-refractivity contribution is -0.136. The number of hydrogen-bond acceptors (Lipinski definition) is 7. The van der Waals surface area contributed by atoms with Gasteiger partial charge in [-0.1, -0.05) is 12.8 Å². The molecule has 7 nitrogen and oxygen atoms in total. The number of methoxy groups -OCH3 is 2. The first-order chi connectivity index (χ1) is 15.3. The minimum atomic E-state index is -0.884. The van der Waals surface area contributed by atoms with Crippen molar-refractivity contribution in [3.63, 3.8) is 0 Å². The molecule has 0 unspecified atom stereocenters. The van der Waals surface area contributed by atoms with Gasteiger partial charge >= 0.3 is 5.97 Å². The number of rotatable bonds is 11. The maximum absolute atomic E-state index is 11.3. The summed E-state index contributed by atoms with van der Waals surface area (Å²) < 4.78 is 17.3. The van der Waals surface area contributed by atoms with E-state index in [9.17, 15) is 9.90 Å². The van der Waals surface area contributed by atoms with Gasteiger partial charge in [0.25, 0.3) is 0 Å². The van der Waals surface area contributed by atoms with Crippen molar-refractivity contribution >= 4 is 17.3 Å². The van der Waals surface area contributed by atoms with E-state index in [1.165, 1.54) is 11.3 Å². The number of carbonyl (C=O) groups is 1. The Morgan fingerprint density at radius 2 is 1.81 bits per heavy atom. The number of aliphatic hydroxyl groups is 1. The Morgan fingerprint density at radius 1 is 1.19 bits per heavy atom. The molecule has 0 bridgehead atoms. The lowest BCUT2D eigenvalue weighted by Crippen LogP contribution is -2.27. The molecule has 1 aromatic heterocycles. The minimum absolute atomic E-state index is 0.0735. The highest BCUT2D eigenvalue weighted by molar-refractivity contribution is 7.11. The Hall–Kier alpha value is -2.16. The van der Waals surface area contributed by atoms with Gasteiger partial charge in [-0.25, -0.2) is 4.98 Å². The summed E-state index contributed by atoms with van der Waals surface area (Å²) in [5.74, 6) is 0.434. The highest BCUT2D eigenvalue weighted by Crippen LogP contribution is 2.36. The van der Waals surface area contributed by atoms with Gasteiger partial charge in [0.1, 0.15) is 17.6 Å². The minimum Gasteiger partial charge on any atom is -0.496 e. The molecule has 1 aliphatic carbocycles. The Balaban J connectivity index is 1.80. The van der Waals surface area contributed by atoms with E-state index in [4.69, 9.17) is 19.3 Å². The summed E-state index contributed by atoms with van der Waals surface area (Å²) in [4.78, 5) is 16.5. The molecule has 176 valence electrons. The number of nitrogens with zero attached hydrogens (tertiary/aromatic N) is 1. The zero-order chi connectivity index (χ0) is 23.3. The Labute approximate surface area is 193 Å². The Bertz CT molecular complexity index is 896. The molecular formula is C24H33NO6S. The summed E-state index contributed by atoms with van der Waals surface area (Å²) in [6.07, 6.45) is 4.29. The standard InChI is InChI=1S/C24H33NO6S/c1-14-20(29-3)11-16(12-21(14)30-4)24(28)19(31-17-7-5-6-8-17)9-10-22-25-18(13-23(26)27)15(2)32-22/h11-12,17,19,24,28H,5-10,13H2,1-4H3,(H,26,27)/t19-,24+/m0/s1. The van der Waals surface area contributed by atoms with E-state index in [-0.39, 0.29) is 12.5 Å². The molecule has 0 radical (unpaired) electrons. The monoisotopic (exact) mass is 463 g/mol. The molecule has 0 saturated heterocycles. The summed E-state index contributed by atoms with van der Waals surface area (Å²) >= 11 is 1.51. The molecule has 0 spiro atoms. The quantitative estimate of drug-likeness (QED) is 0.510. The third kappa shape index (κ3) is 5.99. The van der Waals surface area contributed by atoms with E-state index < -0.39 is 18.2 Å². The Kier molecular flexibility index (Phi) is 8.51. The number of aryl methyl sites for hydroxylation is 2. The van der Waals surface area contributed by atoms with Crippen LogP contribution in [0.4, 0.5) is 0 Å². The van der Waals surface area contributed by atoms with Gasteiger partial charge in [-0.15, -0.1) is 11.3 Å². The van der Waals surface area contributed by atoms with Gasteiger partial charge in [-0.2, -0.15) is 0 Å². The van der Waals surface area contributed by atoms with Gasteiger partial charge in [-0.05, 0) is 50.8 Å². The predicted octanol–water partition coefficient (Wildman–Crippen LogP) is 4.40. The molecule has 2 aromatic rings. The number of aromatic nitrogens is 1. The van der Waals surface area contributed by atoms with E-state index in [1.54, 1.807) is 14.2 Å². The van der Waals surface area contributed by atoms with Crippen LogP contribution in [0.2, 0.25) is 0 Å². The van der Waals surface area contributed by atoms with Gasteiger partial charge in [0.05, 0.1) is 43.5 Å². The van der Waals surface area contributed by atoms with E-state index in [0.29, 0.717) is 35.6 Å². The van der Waals surface area contributed by atoms with Crippen LogP contribution in [0.3, 0.4) is 0 Å². The summed E-state index contributed by atoms with van der Waals surface area (Å²) in [7, 11) is 3.20. The summed E-state index contributed by atoms with van der Waals surface area (Å²) in [6, 6.07) is 3.68. The molecule has 1 aromatic carbocycles. The van der Waals surface area contributed by atoms with Crippen molar-refractivity contribution in [2.24, 2.45) is 0 Å². The second-order valence-corrected chi connectivity index (χ2v) is 9.58. The first-order valence-corrected chi connectivity index (χ1v) is 11.9. The summed E-state index contributed by atoms with van der Waals surface area (Å²) in [5.41, 5.74) is 2.18. The number of aliphatic hydroxyl groups excluding tert-OH is 1. The van der Waals surface area contributed by atoms with Crippen molar-refractivity contribution in [2.75, 3.05) is 14.2 Å². The first-order valence-electron chi connectivity index (χ1n) is 11.0. The predicted molar refractivity (Wildman–Crippen MR) is 123 cm³/mol. The van der Waals surface area contributed by atoms with Crippen LogP contribution in [0, 0.1) is 13.8 Å². The molecule has 1 saturated carbocycles. The van der Waals surface area contributed by atoms with Crippen LogP contribution in [0.5, 0.6) is 11.5 Å². The number of hydrogen-bond donors (Lipinski definition) is 2. The highest BCUT2D eigenvalue weighted by atomic mass is 32.1. The van der Waals surface area contributed by atoms with E-state index >= 15 is 0 Å². The molecular weight excluding hydrogens is 430 g/mol. The molecule has 2 atom stereocenters. The maximum atomic E-state index is 11.3. The maximum Gasteiger partial charge on any atom is 0.309 e. The van der Waals surface area contributed by atoms with E-state index in [2.05, 4.69) is 4.98 Å².